The van der Waals surface area contributed by atoms with Gasteiger partial charge in [-0.1, -0.05) is 36.4 Å². The molecule has 2 aromatic rings. The highest BCUT2D eigenvalue weighted by atomic mass is 16.6. The van der Waals surface area contributed by atoms with Crippen LogP contribution in [0.3, 0.4) is 0 Å². The van der Waals surface area contributed by atoms with Crippen molar-refractivity contribution in [3.05, 3.63) is 75.3 Å². The zero-order chi connectivity index (χ0) is 23.6. The van der Waals surface area contributed by atoms with Crippen LogP contribution in [0, 0.1) is 10.1 Å². The standard InChI is InChI=1S/C24H29N3O5/c1-15(2)25-23(30)24(19-9-11-20(12-10-19)27(31)32)13-21(29)26(16(3)4)22(24)18-7-5-17(14-28)6-8-18/h5-12,15-16,22,28H,13-14H2,1-4H3,(H,25,30)/t22-,24-/m1/s1. The van der Waals surface area contributed by atoms with Gasteiger partial charge < -0.3 is 15.3 Å². The smallest absolute Gasteiger partial charge is 0.269 e. The van der Waals surface area contributed by atoms with E-state index in [1.807, 2.05) is 39.8 Å². The molecule has 2 N–H and O–H groups in total. The normalized spacial score (nSPS) is 20.8. The van der Waals surface area contributed by atoms with Gasteiger partial charge in [-0.2, -0.15) is 0 Å². The predicted octanol–water partition coefficient (Wildman–Crippen LogP) is 3.23. The van der Waals surface area contributed by atoms with Crippen molar-refractivity contribution in [3.8, 4) is 0 Å². The third-order valence-electron chi connectivity index (χ3n) is 5.92. The summed E-state index contributed by atoms with van der Waals surface area (Å²) in [6.45, 7) is 7.39. The van der Waals surface area contributed by atoms with Crippen molar-refractivity contribution < 1.29 is 19.6 Å². The van der Waals surface area contributed by atoms with E-state index in [2.05, 4.69) is 5.32 Å². The molecule has 8 heteroatoms. The maximum Gasteiger partial charge on any atom is 0.269 e. The van der Waals surface area contributed by atoms with Gasteiger partial charge in [-0.3, -0.25) is 19.7 Å². The molecular formula is C24H29N3O5. The molecule has 2 atom stereocenters. The van der Waals surface area contributed by atoms with Gasteiger partial charge in [0.25, 0.3) is 5.69 Å². The van der Waals surface area contributed by atoms with Gasteiger partial charge in [0, 0.05) is 30.6 Å². The Morgan fingerprint density at radius 2 is 1.75 bits per heavy atom. The van der Waals surface area contributed by atoms with E-state index in [9.17, 15) is 24.8 Å². The molecule has 1 aliphatic heterocycles. The average molecular weight is 440 g/mol. The van der Waals surface area contributed by atoms with E-state index < -0.39 is 16.4 Å². The molecule has 0 aromatic heterocycles. The number of nitrogens with one attached hydrogen (secondary N) is 1. The van der Waals surface area contributed by atoms with Gasteiger partial charge >= 0.3 is 0 Å². The average Bonchev–Trinajstić information content (AvgIpc) is 3.07. The molecule has 0 aliphatic carbocycles. The van der Waals surface area contributed by atoms with Crippen LogP contribution in [0.15, 0.2) is 48.5 Å². The number of nitro benzene ring substituents is 1. The van der Waals surface area contributed by atoms with Crippen LogP contribution in [0.4, 0.5) is 5.69 Å². The van der Waals surface area contributed by atoms with Gasteiger partial charge in [0.15, 0.2) is 0 Å². The van der Waals surface area contributed by atoms with Crippen LogP contribution in [0.1, 0.15) is 56.8 Å². The van der Waals surface area contributed by atoms with Gasteiger partial charge in [0.05, 0.1) is 17.6 Å². The van der Waals surface area contributed by atoms with E-state index in [1.165, 1.54) is 12.1 Å². The summed E-state index contributed by atoms with van der Waals surface area (Å²) >= 11 is 0. The number of hydrogen-bond acceptors (Lipinski definition) is 5. The monoisotopic (exact) mass is 439 g/mol. The molecule has 0 bridgehead atoms. The number of benzene rings is 2. The first-order valence-corrected chi connectivity index (χ1v) is 10.7. The van der Waals surface area contributed by atoms with Crippen molar-refractivity contribution in [3.63, 3.8) is 0 Å². The first-order chi connectivity index (χ1) is 15.1. The summed E-state index contributed by atoms with van der Waals surface area (Å²) < 4.78 is 0. The largest absolute Gasteiger partial charge is 0.392 e. The van der Waals surface area contributed by atoms with Crippen molar-refractivity contribution in [1.82, 2.24) is 10.2 Å². The number of rotatable bonds is 7. The summed E-state index contributed by atoms with van der Waals surface area (Å²) in [4.78, 5) is 39.4. The van der Waals surface area contributed by atoms with Crippen LogP contribution in [0.5, 0.6) is 0 Å². The fourth-order valence-electron chi connectivity index (χ4n) is 4.51. The second kappa shape index (κ2) is 9.08. The summed E-state index contributed by atoms with van der Waals surface area (Å²) in [7, 11) is 0. The molecule has 1 saturated heterocycles. The lowest BCUT2D eigenvalue weighted by Crippen LogP contribution is -2.50. The minimum Gasteiger partial charge on any atom is -0.392 e. The van der Waals surface area contributed by atoms with E-state index in [-0.39, 0.29) is 42.6 Å². The Labute approximate surface area is 187 Å². The van der Waals surface area contributed by atoms with Crippen LogP contribution >= 0.6 is 0 Å². The second-order valence-corrected chi connectivity index (χ2v) is 8.78. The molecule has 3 rings (SSSR count). The van der Waals surface area contributed by atoms with E-state index >= 15 is 0 Å². The number of carbonyl (C=O) groups is 2. The van der Waals surface area contributed by atoms with E-state index in [4.69, 9.17) is 0 Å². The summed E-state index contributed by atoms with van der Waals surface area (Å²) in [5.41, 5.74) is 0.693. The molecule has 0 spiro atoms. The first-order valence-electron chi connectivity index (χ1n) is 10.7. The van der Waals surface area contributed by atoms with Crippen molar-refractivity contribution in [2.75, 3.05) is 0 Å². The number of nitro groups is 1. The van der Waals surface area contributed by atoms with Gasteiger partial charge in [-0.15, -0.1) is 0 Å². The van der Waals surface area contributed by atoms with Crippen LogP contribution < -0.4 is 5.32 Å². The Kier molecular flexibility index (Phi) is 6.64. The number of aliphatic hydroxyl groups excluding tert-OH is 1. The number of aliphatic hydroxyl groups is 1. The van der Waals surface area contributed by atoms with Crippen molar-refractivity contribution in [1.29, 1.82) is 0 Å². The highest BCUT2D eigenvalue weighted by molar-refractivity contribution is 5.98. The lowest BCUT2D eigenvalue weighted by molar-refractivity contribution is -0.384. The Morgan fingerprint density at radius 3 is 2.22 bits per heavy atom. The van der Waals surface area contributed by atoms with E-state index in [0.717, 1.165) is 11.1 Å². The molecule has 8 nitrogen and oxygen atoms in total. The minimum absolute atomic E-state index is 0.0477. The number of likely N-dealkylation sites (tertiary alicyclic amines) is 1. The van der Waals surface area contributed by atoms with E-state index in [1.54, 1.807) is 29.2 Å². The van der Waals surface area contributed by atoms with Gasteiger partial charge in [-0.25, -0.2) is 0 Å². The molecule has 2 aromatic carbocycles. The van der Waals surface area contributed by atoms with Crippen LogP contribution in [-0.4, -0.2) is 38.8 Å². The number of non-ortho nitro benzene ring substituents is 1. The van der Waals surface area contributed by atoms with Gasteiger partial charge in [0.1, 0.15) is 5.41 Å². The van der Waals surface area contributed by atoms with Gasteiger partial charge in [0.2, 0.25) is 11.8 Å². The molecule has 170 valence electrons. The van der Waals surface area contributed by atoms with Crippen molar-refractivity contribution in [2.24, 2.45) is 0 Å². The maximum atomic E-state index is 13.8. The molecule has 1 fully saturated rings. The highest BCUT2D eigenvalue weighted by Gasteiger charge is 2.58. The molecule has 0 saturated carbocycles. The quantitative estimate of drug-likeness (QED) is 0.508. The SMILES string of the molecule is CC(C)NC(=O)[C@@]1(c2ccc([N+](=O)[O-])cc2)CC(=O)N(C(C)C)[C@@H]1c1ccc(CO)cc1. The van der Waals surface area contributed by atoms with Gasteiger partial charge in [-0.05, 0) is 44.4 Å². The fourth-order valence-corrected chi connectivity index (χ4v) is 4.51. The molecular weight excluding hydrogens is 410 g/mol. The Morgan fingerprint density at radius 1 is 1.16 bits per heavy atom. The van der Waals surface area contributed by atoms with Crippen LogP contribution in [0.25, 0.3) is 0 Å². The third-order valence-corrected chi connectivity index (χ3v) is 5.92. The zero-order valence-electron chi connectivity index (χ0n) is 18.7. The van der Waals surface area contributed by atoms with Crippen molar-refractivity contribution in [2.45, 2.75) is 64.3 Å². The minimum atomic E-state index is -1.26. The summed E-state index contributed by atoms with van der Waals surface area (Å²) in [6, 6.07) is 12.2. The molecule has 1 heterocycles. The zero-order valence-corrected chi connectivity index (χ0v) is 18.7. The topological polar surface area (TPSA) is 113 Å². The lowest BCUT2D eigenvalue weighted by atomic mass is 9.70. The summed E-state index contributed by atoms with van der Waals surface area (Å²) in [6.07, 6.45) is -0.0477. The number of amides is 2. The first kappa shape index (κ1) is 23.4. The second-order valence-electron chi connectivity index (χ2n) is 8.78. The summed E-state index contributed by atoms with van der Waals surface area (Å²) in [5.74, 6) is -0.456. The molecule has 2 amide bonds. The summed E-state index contributed by atoms with van der Waals surface area (Å²) in [5, 5.41) is 23.6. The lowest BCUT2D eigenvalue weighted by Gasteiger charge is -2.39. The van der Waals surface area contributed by atoms with Crippen molar-refractivity contribution >= 4 is 17.5 Å². The highest BCUT2D eigenvalue weighted by Crippen LogP contribution is 2.51. The van der Waals surface area contributed by atoms with Crippen LogP contribution in [0.2, 0.25) is 0 Å². The number of hydrogen-bond donors (Lipinski definition) is 2. The maximum absolute atomic E-state index is 13.8. The number of carbonyl (C=O) groups excluding carboxylic acids is 2. The fraction of sp³-hybridized carbons (Fsp3) is 0.417. The predicted molar refractivity (Wildman–Crippen MR) is 120 cm³/mol. The Bertz CT molecular complexity index is 1000. The van der Waals surface area contributed by atoms with E-state index in [0.29, 0.717) is 5.56 Å². The molecule has 0 unspecified atom stereocenters. The Balaban J connectivity index is 2.26. The molecule has 0 radical (unpaired) electrons. The van der Waals surface area contributed by atoms with Crippen LogP contribution in [-0.2, 0) is 21.6 Å². The molecule has 1 aliphatic rings. The Hall–Kier alpha value is -3.26. The third kappa shape index (κ3) is 4.10. The molecule has 32 heavy (non-hydrogen) atoms. The number of nitrogens with zero attached hydrogens (tertiary/aromatic N) is 2.